The van der Waals surface area contributed by atoms with Crippen molar-refractivity contribution in [2.24, 2.45) is 0 Å². The number of amides is 1. The molecule has 0 aliphatic rings. The van der Waals surface area contributed by atoms with Gasteiger partial charge in [-0.25, -0.2) is 4.79 Å². The van der Waals surface area contributed by atoms with Crippen LogP contribution in [0.15, 0.2) is 12.1 Å². The molecule has 0 unspecified atom stereocenters. The second-order valence-corrected chi connectivity index (χ2v) is 7.68. The maximum Gasteiger partial charge on any atom is 0.410 e. The zero-order valence-corrected chi connectivity index (χ0v) is 16.3. The highest BCUT2D eigenvalue weighted by Gasteiger charge is 2.23. The van der Waals surface area contributed by atoms with Gasteiger partial charge in [-0.2, -0.15) is 0 Å². The van der Waals surface area contributed by atoms with Crippen molar-refractivity contribution in [3.05, 3.63) is 27.7 Å². The molecule has 0 bridgehead atoms. The monoisotopic (exact) mass is 376 g/mol. The highest BCUT2D eigenvalue weighted by Crippen LogP contribution is 2.30. The van der Waals surface area contributed by atoms with Crippen LogP contribution in [0.3, 0.4) is 0 Å². The van der Waals surface area contributed by atoms with E-state index in [1.165, 1.54) is 6.07 Å². The second-order valence-electron chi connectivity index (χ2n) is 6.84. The fourth-order valence-electron chi connectivity index (χ4n) is 2.06. The first kappa shape index (κ1) is 20.9. The average molecular weight is 377 g/mol. The van der Waals surface area contributed by atoms with Crippen LogP contribution in [-0.4, -0.2) is 40.8 Å². The molecule has 136 valence electrons. The van der Waals surface area contributed by atoms with E-state index in [1.807, 2.05) is 34.6 Å². The zero-order valence-electron chi connectivity index (χ0n) is 14.8. The molecule has 0 radical (unpaired) electrons. The molecule has 0 aliphatic heterocycles. The summed E-state index contributed by atoms with van der Waals surface area (Å²) < 4.78 is 5.41. The molecule has 0 saturated carbocycles. The smallest absolute Gasteiger partial charge is 0.410 e. The molecular formula is C17H26Cl2N2O3. The molecule has 7 heteroatoms. The third kappa shape index (κ3) is 6.75. The van der Waals surface area contributed by atoms with E-state index in [0.717, 1.165) is 0 Å². The number of ether oxygens (including phenoxy) is 1. The number of carbonyl (C=O) groups is 1. The fraction of sp³-hybridized carbons (Fsp3) is 0.588. The summed E-state index contributed by atoms with van der Waals surface area (Å²) in [7, 11) is 0. The lowest BCUT2D eigenvalue weighted by Gasteiger charge is -2.30. The highest BCUT2D eigenvalue weighted by molar-refractivity contribution is 6.35. The van der Waals surface area contributed by atoms with Crippen LogP contribution in [0.25, 0.3) is 0 Å². The number of hydrogen-bond donors (Lipinski definition) is 2. The Kier molecular flexibility index (Phi) is 7.64. The quantitative estimate of drug-likeness (QED) is 0.720. The summed E-state index contributed by atoms with van der Waals surface area (Å²) in [5.41, 5.74) is 0.0851. The van der Waals surface area contributed by atoms with Crippen molar-refractivity contribution in [2.45, 2.75) is 52.8 Å². The topological polar surface area (TPSA) is 61.8 Å². The molecule has 0 aromatic heterocycles. The average Bonchev–Trinajstić information content (AvgIpc) is 2.41. The Morgan fingerprint density at radius 1 is 1.33 bits per heavy atom. The van der Waals surface area contributed by atoms with Gasteiger partial charge < -0.3 is 20.1 Å². The van der Waals surface area contributed by atoms with Gasteiger partial charge in [0.05, 0.1) is 5.02 Å². The lowest BCUT2D eigenvalue weighted by molar-refractivity contribution is 0.0193. The van der Waals surface area contributed by atoms with Gasteiger partial charge in [0.25, 0.3) is 0 Å². The number of aromatic hydroxyl groups is 1. The number of rotatable bonds is 6. The van der Waals surface area contributed by atoms with Crippen LogP contribution in [0.4, 0.5) is 4.79 Å². The van der Waals surface area contributed by atoms with E-state index in [1.54, 1.807) is 11.0 Å². The van der Waals surface area contributed by atoms with E-state index in [2.05, 4.69) is 5.32 Å². The Morgan fingerprint density at radius 2 is 1.96 bits per heavy atom. The highest BCUT2D eigenvalue weighted by atomic mass is 35.5. The Balaban J connectivity index is 2.56. The van der Waals surface area contributed by atoms with E-state index in [-0.39, 0.29) is 22.9 Å². The first-order valence-corrected chi connectivity index (χ1v) is 8.64. The van der Waals surface area contributed by atoms with E-state index in [9.17, 15) is 9.90 Å². The van der Waals surface area contributed by atoms with Gasteiger partial charge in [-0.3, -0.25) is 0 Å². The summed E-state index contributed by atoms with van der Waals surface area (Å²) in [6, 6.07) is 3.17. The fourth-order valence-corrected chi connectivity index (χ4v) is 2.59. The van der Waals surface area contributed by atoms with E-state index in [4.69, 9.17) is 27.9 Å². The van der Waals surface area contributed by atoms with Gasteiger partial charge in [0, 0.05) is 36.3 Å². The number of phenolic OH excluding ortho intramolecular Hbond substituents is 1. The molecule has 0 fully saturated rings. The number of nitrogens with one attached hydrogen (secondary N) is 1. The summed E-state index contributed by atoms with van der Waals surface area (Å²) >= 11 is 11.8. The summed E-state index contributed by atoms with van der Waals surface area (Å²) in [5, 5.41) is 13.8. The van der Waals surface area contributed by atoms with Crippen LogP contribution < -0.4 is 5.32 Å². The van der Waals surface area contributed by atoms with Crippen LogP contribution in [0.5, 0.6) is 5.75 Å². The van der Waals surface area contributed by atoms with Crippen molar-refractivity contribution in [1.82, 2.24) is 10.2 Å². The summed E-state index contributed by atoms with van der Waals surface area (Å²) in [6.07, 6.45) is -0.340. The maximum absolute atomic E-state index is 12.2. The van der Waals surface area contributed by atoms with Crippen LogP contribution in [0.1, 0.15) is 40.2 Å². The molecular weight excluding hydrogens is 351 g/mol. The minimum atomic E-state index is -0.527. The third-order valence-corrected chi connectivity index (χ3v) is 3.71. The molecule has 1 amide bonds. The summed E-state index contributed by atoms with van der Waals surface area (Å²) in [4.78, 5) is 13.9. The minimum Gasteiger partial charge on any atom is -0.506 e. The van der Waals surface area contributed by atoms with Crippen LogP contribution >= 0.6 is 23.2 Å². The van der Waals surface area contributed by atoms with Crippen molar-refractivity contribution in [1.29, 1.82) is 0 Å². The summed E-state index contributed by atoms with van der Waals surface area (Å²) in [5.74, 6) is 0.0152. The van der Waals surface area contributed by atoms with Gasteiger partial charge in [-0.05, 0) is 46.8 Å². The molecule has 0 saturated heterocycles. The molecule has 0 atom stereocenters. The lowest BCUT2D eigenvalue weighted by atomic mass is 10.2. The largest absolute Gasteiger partial charge is 0.506 e. The van der Waals surface area contributed by atoms with Crippen LogP contribution in [0.2, 0.25) is 10.0 Å². The predicted molar refractivity (Wildman–Crippen MR) is 97.9 cm³/mol. The van der Waals surface area contributed by atoms with Gasteiger partial charge >= 0.3 is 6.09 Å². The van der Waals surface area contributed by atoms with Crippen molar-refractivity contribution < 1.29 is 14.6 Å². The van der Waals surface area contributed by atoms with Gasteiger partial charge in [0.1, 0.15) is 11.4 Å². The Bertz CT molecular complexity index is 572. The molecule has 1 rings (SSSR count). The summed E-state index contributed by atoms with van der Waals surface area (Å²) in [6.45, 7) is 10.8. The van der Waals surface area contributed by atoms with Gasteiger partial charge in [-0.15, -0.1) is 0 Å². The third-order valence-electron chi connectivity index (χ3n) is 3.20. The van der Waals surface area contributed by atoms with Gasteiger partial charge in [0.15, 0.2) is 0 Å². The predicted octanol–water partition coefficient (Wildman–Crippen LogP) is 4.43. The minimum absolute atomic E-state index is 0.0152. The number of phenols is 1. The standard InChI is InChI=1S/C17H26Cl2N2O3/c1-11(2)21(16(23)24-17(3,4)5)7-6-20-10-12-8-13(18)9-14(19)15(12)22/h8-9,11,20,22H,6-7,10H2,1-5H3. The first-order valence-electron chi connectivity index (χ1n) is 7.88. The molecule has 5 nitrogen and oxygen atoms in total. The Hall–Kier alpha value is -1.17. The number of nitrogens with zero attached hydrogens (tertiary/aromatic N) is 1. The van der Waals surface area contributed by atoms with Crippen molar-refractivity contribution >= 4 is 29.3 Å². The first-order chi connectivity index (χ1) is 11.0. The van der Waals surface area contributed by atoms with Crippen molar-refractivity contribution in [3.63, 3.8) is 0 Å². The second kappa shape index (κ2) is 8.79. The Labute approximate surface area is 153 Å². The van der Waals surface area contributed by atoms with Gasteiger partial charge in [0.2, 0.25) is 0 Å². The molecule has 1 aromatic rings. The molecule has 2 N–H and O–H groups in total. The van der Waals surface area contributed by atoms with Gasteiger partial charge in [-0.1, -0.05) is 23.2 Å². The van der Waals surface area contributed by atoms with Crippen LogP contribution in [-0.2, 0) is 11.3 Å². The van der Waals surface area contributed by atoms with E-state index >= 15 is 0 Å². The molecule has 24 heavy (non-hydrogen) atoms. The SMILES string of the molecule is CC(C)N(CCNCc1cc(Cl)cc(Cl)c1O)C(=O)OC(C)(C)C. The number of halogens is 2. The van der Waals surface area contributed by atoms with Crippen molar-refractivity contribution in [2.75, 3.05) is 13.1 Å². The number of benzene rings is 1. The van der Waals surface area contributed by atoms with E-state index < -0.39 is 5.60 Å². The number of hydrogen-bond acceptors (Lipinski definition) is 4. The number of carbonyl (C=O) groups excluding carboxylic acids is 1. The molecule has 0 heterocycles. The molecule has 1 aromatic carbocycles. The zero-order chi connectivity index (χ0) is 18.5. The molecule has 0 spiro atoms. The van der Waals surface area contributed by atoms with Crippen molar-refractivity contribution in [3.8, 4) is 5.75 Å². The van der Waals surface area contributed by atoms with Crippen LogP contribution in [0, 0.1) is 0 Å². The van der Waals surface area contributed by atoms with E-state index in [0.29, 0.717) is 30.2 Å². The maximum atomic E-state index is 12.2. The lowest BCUT2D eigenvalue weighted by Crippen LogP contribution is -2.44. The molecule has 0 aliphatic carbocycles. The normalized spacial score (nSPS) is 11.7. The Morgan fingerprint density at radius 3 is 2.50 bits per heavy atom.